The predicted octanol–water partition coefficient (Wildman–Crippen LogP) is -0.243. The van der Waals surface area contributed by atoms with Crippen LogP contribution in [0.2, 0.25) is 0 Å². The highest BCUT2D eigenvalue weighted by atomic mass is 16.5. The number of ether oxygens (including phenoxy) is 1. The molecule has 6 heteroatoms. The molecule has 0 spiro atoms. The summed E-state index contributed by atoms with van der Waals surface area (Å²) >= 11 is 0. The lowest BCUT2D eigenvalue weighted by Gasteiger charge is -2.29. The first kappa shape index (κ1) is 13.0. The molecule has 1 N–H and O–H groups in total. The average Bonchev–Trinajstić information content (AvgIpc) is 2.82. The van der Waals surface area contributed by atoms with Crippen molar-refractivity contribution in [2.24, 2.45) is 7.05 Å². The minimum Gasteiger partial charge on any atom is -0.378 e. The van der Waals surface area contributed by atoms with E-state index in [0.29, 0.717) is 26.3 Å². The van der Waals surface area contributed by atoms with Crippen molar-refractivity contribution in [3.8, 4) is 0 Å². The van der Waals surface area contributed by atoms with E-state index in [9.17, 15) is 4.79 Å². The lowest BCUT2D eigenvalue weighted by Crippen LogP contribution is -2.52. The van der Waals surface area contributed by atoms with Crippen molar-refractivity contribution in [3.05, 3.63) is 18.0 Å². The Labute approximate surface area is 107 Å². The highest BCUT2D eigenvalue weighted by Gasteiger charge is 2.25. The third-order valence-corrected chi connectivity index (χ3v) is 3.04. The normalized spacial score (nSPS) is 19.8. The molecule has 0 aliphatic carbocycles. The number of carbonyl (C=O) groups is 1. The van der Waals surface area contributed by atoms with Crippen LogP contribution in [0.25, 0.3) is 0 Å². The molecule has 18 heavy (non-hydrogen) atoms. The highest BCUT2D eigenvalue weighted by Crippen LogP contribution is 2.06. The lowest BCUT2D eigenvalue weighted by atomic mass is 10.2. The van der Waals surface area contributed by atoms with Crippen LogP contribution in [0.5, 0.6) is 0 Å². The van der Waals surface area contributed by atoms with Crippen LogP contribution >= 0.6 is 0 Å². The summed E-state index contributed by atoms with van der Waals surface area (Å²) in [6.07, 6.45) is 3.72. The molecule has 0 aromatic carbocycles. The summed E-state index contributed by atoms with van der Waals surface area (Å²) in [6, 6.07) is -0.213. The molecule has 2 rings (SSSR count). The summed E-state index contributed by atoms with van der Waals surface area (Å²) in [6.45, 7) is 5.15. The average molecular weight is 252 g/mol. The van der Waals surface area contributed by atoms with Crippen LogP contribution in [0.1, 0.15) is 12.5 Å². The second-order valence-corrected chi connectivity index (χ2v) is 4.46. The standard InChI is InChI=1S/C12H20N4O2/c1-3-16(8-10-6-14-15(2)7-10)12(17)11-9-18-5-4-13-11/h6-7,11,13H,3-5,8-9H2,1-2H3. The van der Waals surface area contributed by atoms with Crippen LogP contribution < -0.4 is 5.32 Å². The van der Waals surface area contributed by atoms with Crippen LogP contribution in [-0.4, -0.2) is 52.9 Å². The van der Waals surface area contributed by atoms with Gasteiger partial charge in [-0.3, -0.25) is 9.48 Å². The molecule has 1 aromatic rings. The first-order valence-electron chi connectivity index (χ1n) is 6.28. The number of likely N-dealkylation sites (N-methyl/N-ethyl adjacent to an activating group) is 1. The first-order chi connectivity index (χ1) is 8.70. The van der Waals surface area contributed by atoms with Crippen LogP contribution in [0, 0.1) is 0 Å². The number of amides is 1. The van der Waals surface area contributed by atoms with Gasteiger partial charge in [0.2, 0.25) is 5.91 Å². The summed E-state index contributed by atoms with van der Waals surface area (Å²) in [5.41, 5.74) is 1.05. The van der Waals surface area contributed by atoms with Crippen LogP contribution in [0.15, 0.2) is 12.4 Å². The molecule has 6 nitrogen and oxygen atoms in total. The van der Waals surface area contributed by atoms with Crippen molar-refractivity contribution < 1.29 is 9.53 Å². The minimum atomic E-state index is -0.213. The zero-order valence-electron chi connectivity index (χ0n) is 10.9. The summed E-state index contributed by atoms with van der Waals surface area (Å²) < 4.78 is 7.07. The SMILES string of the molecule is CCN(Cc1cnn(C)c1)C(=O)C1COCCN1. The van der Waals surface area contributed by atoms with E-state index in [2.05, 4.69) is 10.4 Å². The Morgan fingerprint density at radius 3 is 3.11 bits per heavy atom. The number of rotatable bonds is 4. The lowest BCUT2D eigenvalue weighted by molar-refractivity contribution is -0.136. The summed E-state index contributed by atoms with van der Waals surface area (Å²) in [4.78, 5) is 14.1. The van der Waals surface area contributed by atoms with E-state index in [1.807, 2.05) is 25.1 Å². The molecule has 0 radical (unpaired) electrons. The number of morpholine rings is 1. The Morgan fingerprint density at radius 2 is 2.56 bits per heavy atom. The fraction of sp³-hybridized carbons (Fsp3) is 0.667. The maximum Gasteiger partial charge on any atom is 0.242 e. The highest BCUT2D eigenvalue weighted by molar-refractivity contribution is 5.82. The van der Waals surface area contributed by atoms with E-state index in [4.69, 9.17) is 4.74 Å². The summed E-state index contributed by atoms with van der Waals surface area (Å²) in [5.74, 6) is 0.0982. The Kier molecular flexibility index (Phi) is 4.33. The van der Waals surface area contributed by atoms with Crippen LogP contribution in [-0.2, 0) is 23.1 Å². The van der Waals surface area contributed by atoms with Gasteiger partial charge in [-0.25, -0.2) is 0 Å². The molecule has 0 saturated carbocycles. The van der Waals surface area contributed by atoms with Crippen molar-refractivity contribution in [2.45, 2.75) is 19.5 Å². The van der Waals surface area contributed by atoms with Crippen molar-refractivity contribution in [1.29, 1.82) is 0 Å². The minimum absolute atomic E-state index is 0.0982. The number of aromatic nitrogens is 2. The van der Waals surface area contributed by atoms with Gasteiger partial charge >= 0.3 is 0 Å². The van der Waals surface area contributed by atoms with Crippen LogP contribution in [0.3, 0.4) is 0 Å². The monoisotopic (exact) mass is 252 g/mol. The smallest absolute Gasteiger partial charge is 0.242 e. The quantitative estimate of drug-likeness (QED) is 0.803. The molecule has 0 bridgehead atoms. The van der Waals surface area contributed by atoms with Crippen molar-refractivity contribution in [1.82, 2.24) is 20.0 Å². The van der Waals surface area contributed by atoms with Gasteiger partial charge < -0.3 is 15.0 Å². The molecule has 1 atom stereocenters. The van der Waals surface area contributed by atoms with E-state index in [1.54, 1.807) is 10.9 Å². The maximum absolute atomic E-state index is 12.3. The Bertz CT molecular complexity index is 399. The second-order valence-electron chi connectivity index (χ2n) is 4.46. The summed E-state index contributed by atoms with van der Waals surface area (Å²) in [7, 11) is 1.87. The van der Waals surface area contributed by atoms with E-state index in [1.165, 1.54) is 0 Å². The molecule has 1 aliphatic rings. The van der Waals surface area contributed by atoms with Crippen LogP contribution in [0.4, 0.5) is 0 Å². The number of carbonyl (C=O) groups excluding carboxylic acids is 1. The first-order valence-corrected chi connectivity index (χ1v) is 6.28. The fourth-order valence-electron chi connectivity index (χ4n) is 2.06. The third-order valence-electron chi connectivity index (χ3n) is 3.04. The van der Waals surface area contributed by atoms with Gasteiger partial charge in [-0.15, -0.1) is 0 Å². The van der Waals surface area contributed by atoms with Gasteiger partial charge in [0.05, 0.1) is 19.4 Å². The molecular weight excluding hydrogens is 232 g/mol. The Hall–Kier alpha value is -1.40. The fourth-order valence-corrected chi connectivity index (χ4v) is 2.06. The van der Waals surface area contributed by atoms with E-state index in [0.717, 1.165) is 12.1 Å². The Balaban J connectivity index is 1.96. The second kappa shape index (κ2) is 5.97. The molecule has 100 valence electrons. The Morgan fingerprint density at radius 1 is 1.72 bits per heavy atom. The molecule has 2 heterocycles. The molecule has 1 fully saturated rings. The number of nitrogens with zero attached hydrogens (tertiary/aromatic N) is 3. The third kappa shape index (κ3) is 3.08. The van der Waals surface area contributed by atoms with Gasteiger partial charge in [0.25, 0.3) is 0 Å². The van der Waals surface area contributed by atoms with Crippen molar-refractivity contribution in [3.63, 3.8) is 0 Å². The van der Waals surface area contributed by atoms with Gasteiger partial charge in [-0.1, -0.05) is 0 Å². The maximum atomic E-state index is 12.3. The van der Waals surface area contributed by atoms with Crippen molar-refractivity contribution >= 4 is 5.91 Å². The summed E-state index contributed by atoms with van der Waals surface area (Å²) in [5, 5.41) is 7.30. The van der Waals surface area contributed by atoms with E-state index >= 15 is 0 Å². The van der Waals surface area contributed by atoms with Gasteiger partial charge in [0, 0.05) is 38.4 Å². The predicted molar refractivity (Wildman–Crippen MR) is 66.9 cm³/mol. The molecule has 1 aliphatic heterocycles. The topological polar surface area (TPSA) is 59.4 Å². The number of aryl methyl sites for hydroxylation is 1. The molecule has 1 amide bonds. The number of nitrogens with one attached hydrogen (secondary N) is 1. The molecule has 1 saturated heterocycles. The molecule has 1 aromatic heterocycles. The van der Waals surface area contributed by atoms with Gasteiger partial charge in [0.15, 0.2) is 0 Å². The molecule has 1 unspecified atom stereocenters. The van der Waals surface area contributed by atoms with E-state index in [-0.39, 0.29) is 11.9 Å². The largest absolute Gasteiger partial charge is 0.378 e. The van der Waals surface area contributed by atoms with Gasteiger partial charge in [0.1, 0.15) is 6.04 Å². The van der Waals surface area contributed by atoms with E-state index < -0.39 is 0 Å². The number of hydrogen-bond donors (Lipinski definition) is 1. The van der Waals surface area contributed by atoms with Crippen molar-refractivity contribution in [2.75, 3.05) is 26.3 Å². The zero-order chi connectivity index (χ0) is 13.0. The zero-order valence-corrected chi connectivity index (χ0v) is 10.9. The molecular formula is C12H20N4O2. The number of hydrogen-bond acceptors (Lipinski definition) is 4. The van der Waals surface area contributed by atoms with Gasteiger partial charge in [-0.2, -0.15) is 5.10 Å². The van der Waals surface area contributed by atoms with Gasteiger partial charge in [-0.05, 0) is 6.92 Å².